The number of hydrogen-bond donors (Lipinski definition) is 4. The summed E-state index contributed by atoms with van der Waals surface area (Å²) in [5, 5.41) is 14.7. The fraction of sp³-hybridized carbons (Fsp3) is 0.385. The third-order valence-corrected chi connectivity index (χ3v) is 2.79. The number of aliphatic carboxylic acids is 1. The summed E-state index contributed by atoms with van der Waals surface area (Å²) in [6, 6.07) is 5.93. The molecule has 0 saturated heterocycles. The second kappa shape index (κ2) is 9.22. The summed E-state index contributed by atoms with van der Waals surface area (Å²) in [6.07, 6.45) is 0.0793. The van der Waals surface area contributed by atoms with E-state index >= 15 is 0 Å². The summed E-state index contributed by atoms with van der Waals surface area (Å²) in [6.45, 7) is 0.267. The van der Waals surface area contributed by atoms with Gasteiger partial charge in [-0.15, -0.1) is 0 Å². The van der Waals surface area contributed by atoms with Gasteiger partial charge in [0.15, 0.2) is 10.8 Å². The number of benzene rings is 1. The van der Waals surface area contributed by atoms with E-state index in [0.29, 0.717) is 17.7 Å². The third kappa shape index (κ3) is 6.12. The zero-order chi connectivity index (χ0) is 16.4. The van der Waals surface area contributed by atoms with E-state index in [9.17, 15) is 9.59 Å². The summed E-state index contributed by atoms with van der Waals surface area (Å²) >= 11 is 0. The molecule has 5 N–H and O–H groups in total. The van der Waals surface area contributed by atoms with Gasteiger partial charge < -0.3 is 20.9 Å². The highest BCUT2D eigenvalue weighted by atomic mass is 16.5. The number of carboxylic acids is 1. The van der Waals surface area contributed by atoms with Gasteiger partial charge in [0.25, 0.3) is 0 Å². The van der Waals surface area contributed by atoms with Crippen LogP contribution in [-0.4, -0.2) is 29.8 Å². The molecule has 9 heteroatoms. The lowest BCUT2D eigenvalue weighted by Crippen LogP contribution is -2.32. The van der Waals surface area contributed by atoms with Crippen molar-refractivity contribution in [2.75, 3.05) is 6.54 Å². The smallest absolute Gasteiger partial charge is 0.407 e. The first-order valence-corrected chi connectivity index (χ1v) is 6.59. The molecule has 0 heterocycles. The molecule has 1 unspecified atom stereocenters. The van der Waals surface area contributed by atoms with E-state index in [-0.39, 0.29) is 19.6 Å². The number of carbonyl (C=O) groups excluding carboxylic acids is 1. The molecule has 1 rings (SSSR count). The van der Waals surface area contributed by atoms with Crippen LogP contribution in [0.3, 0.4) is 0 Å². The topological polar surface area (TPSA) is 152 Å². The van der Waals surface area contributed by atoms with Gasteiger partial charge in [-0.1, -0.05) is 18.2 Å². The van der Waals surface area contributed by atoms with E-state index in [1.807, 2.05) is 0 Å². The van der Waals surface area contributed by atoms with Crippen LogP contribution in [0.5, 0.6) is 0 Å². The lowest BCUT2D eigenvalue weighted by atomic mass is 10.2. The summed E-state index contributed by atoms with van der Waals surface area (Å²) in [7, 11) is 0. The maximum Gasteiger partial charge on any atom is 0.407 e. The average Bonchev–Trinajstić information content (AvgIpc) is 2.50. The molecule has 0 fully saturated rings. The van der Waals surface area contributed by atoms with E-state index in [0.717, 1.165) is 0 Å². The average molecular weight is 308 g/mol. The minimum atomic E-state index is -1.07. The maximum atomic E-state index is 11.5. The van der Waals surface area contributed by atoms with E-state index in [2.05, 4.69) is 15.3 Å². The summed E-state index contributed by atoms with van der Waals surface area (Å²) in [4.78, 5) is 24.9. The van der Waals surface area contributed by atoms with Crippen molar-refractivity contribution >= 4 is 17.7 Å². The first kappa shape index (κ1) is 17.3. The van der Waals surface area contributed by atoms with Crippen LogP contribution in [0.15, 0.2) is 29.4 Å². The Morgan fingerprint density at radius 3 is 2.86 bits per heavy atom. The normalized spacial score (nSPS) is 11.1. The molecule has 0 aromatic heterocycles. The van der Waals surface area contributed by atoms with Crippen LogP contribution in [0.25, 0.3) is 0 Å². The van der Waals surface area contributed by atoms with Gasteiger partial charge in [0, 0.05) is 12.1 Å². The van der Waals surface area contributed by atoms with Crippen LogP contribution in [-0.2, 0) is 16.1 Å². The minimum absolute atomic E-state index is 0.00430. The highest BCUT2D eigenvalue weighted by molar-refractivity contribution is 5.73. The van der Waals surface area contributed by atoms with Gasteiger partial charge in [-0.2, -0.15) is 0 Å². The summed E-state index contributed by atoms with van der Waals surface area (Å²) in [5.41, 5.74) is 13.1. The van der Waals surface area contributed by atoms with Crippen molar-refractivity contribution in [1.29, 1.82) is 5.53 Å². The zero-order valence-corrected chi connectivity index (χ0v) is 11.9. The Balaban J connectivity index is 2.32. The fourth-order valence-corrected chi connectivity index (χ4v) is 1.61. The molecule has 1 amide bonds. The second-order valence-electron chi connectivity index (χ2n) is 4.42. The number of nitrogens with one attached hydrogen (secondary N) is 2. The predicted octanol–water partition coefficient (Wildman–Crippen LogP) is 1.29. The Labute approximate surface area is 126 Å². The standard InChI is InChI=1S/C13H17N5O4/c14-10(12(19)20)5-3-7-16-13(21)22-8-9-4-1-2-6-11(9)17-18-15/h1-2,4,6,10,15H,3,5,7-8,14H2,(H-,16,19,20,21)/p+1. The molecular formula is C13H18N5O4+. The van der Waals surface area contributed by atoms with Crippen LogP contribution in [0.2, 0.25) is 0 Å². The molecule has 1 atom stereocenters. The van der Waals surface area contributed by atoms with Crippen molar-refractivity contribution in [2.24, 2.45) is 10.8 Å². The number of amides is 1. The van der Waals surface area contributed by atoms with Crippen LogP contribution in [0, 0.1) is 5.53 Å². The van der Waals surface area contributed by atoms with E-state index in [1.54, 1.807) is 24.3 Å². The highest BCUT2D eigenvalue weighted by Crippen LogP contribution is 2.18. The molecule has 1 aromatic carbocycles. The Hall–Kier alpha value is -2.77. The van der Waals surface area contributed by atoms with E-state index in [4.69, 9.17) is 21.1 Å². The Morgan fingerprint density at radius 1 is 1.45 bits per heavy atom. The lowest BCUT2D eigenvalue weighted by molar-refractivity contribution is -0.138. The molecule has 0 saturated carbocycles. The van der Waals surface area contributed by atoms with E-state index < -0.39 is 18.1 Å². The van der Waals surface area contributed by atoms with Gasteiger partial charge in [0.1, 0.15) is 18.2 Å². The Bertz CT molecular complexity index is 571. The monoisotopic (exact) mass is 308 g/mol. The first-order chi connectivity index (χ1) is 10.5. The minimum Gasteiger partial charge on any atom is -0.480 e. The molecule has 0 aliphatic rings. The van der Waals surface area contributed by atoms with Crippen LogP contribution >= 0.6 is 0 Å². The van der Waals surface area contributed by atoms with Gasteiger partial charge in [-0.3, -0.25) is 4.79 Å². The molecule has 0 radical (unpaired) electrons. The van der Waals surface area contributed by atoms with Crippen molar-refractivity contribution in [3.63, 3.8) is 0 Å². The summed E-state index contributed by atoms with van der Waals surface area (Å²) in [5.74, 6) is -1.07. The molecule has 0 bridgehead atoms. The van der Waals surface area contributed by atoms with Gasteiger partial charge in [-0.05, 0) is 18.9 Å². The Morgan fingerprint density at radius 2 is 2.18 bits per heavy atom. The Kier molecular flexibility index (Phi) is 7.24. The zero-order valence-electron chi connectivity index (χ0n) is 11.9. The van der Waals surface area contributed by atoms with Crippen LogP contribution in [0.1, 0.15) is 18.4 Å². The fourth-order valence-electron chi connectivity index (χ4n) is 1.61. The molecule has 22 heavy (non-hydrogen) atoms. The number of ether oxygens (including phenoxy) is 1. The molecular weight excluding hydrogens is 290 g/mol. The predicted molar refractivity (Wildman–Crippen MR) is 76.4 cm³/mol. The third-order valence-electron chi connectivity index (χ3n) is 2.79. The maximum absolute atomic E-state index is 11.5. The van der Waals surface area contributed by atoms with E-state index in [1.165, 1.54) is 0 Å². The van der Waals surface area contributed by atoms with Gasteiger partial charge >= 0.3 is 12.1 Å². The number of carbonyl (C=O) groups is 2. The van der Waals surface area contributed by atoms with Crippen molar-refractivity contribution in [2.45, 2.75) is 25.5 Å². The van der Waals surface area contributed by atoms with Crippen molar-refractivity contribution in [3.05, 3.63) is 29.8 Å². The molecule has 0 aliphatic heterocycles. The van der Waals surface area contributed by atoms with Crippen LogP contribution < -0.4 is 16.0 Å². The number of carboxylic acid groups (broad SMARTS) is 1. The van der Waals surface area contributed by atoms with Gasteiger partial charge in [0.05, 0.1) is 0 Å². The van der Waals surface area contributed by atoms with Crippen LogP contribution in [0.4, 0.5) is 10.5 Å². The largest absolute Gasteiger partial charge is 0.480 e. The number of nitrogens with zero attached hydrogens (tertiary/aromatic N) is 2. The molecule has 0 aliphatic carbocycles. The number of rotatable bonds is 8. The SMILES string of the molecule is N=[N+]=Nc1ccccc1COC(=O)NCCCC(N)C(=O)O. The highest BCUT2D eigenvalue weighted by Gasteiger charge is 2.11. The second-order valence-corrected chi connectivity index (χ2v) is 4.42. The quantitative estimate of drug-likeness (QED) is 0.324. The number of nitrogens with two attached hydrogens (primary N) is 1. The number of hydrogen-bond acceptors (Lipinski definition) is 6. The lowest BCUT2D eigenvalue weighted by Gasteiger charge is -2.08. The molecule has 0 spiro atoms. The van der Waals surface area contributed by atoms with Gasteiger partial charge in [-0.25, -0.2) is 4.79 Å². The van der Waals surface area contributed by atoms with Crippen molar-refractivity contribution < 1.29 is 19.4 Å². The van der Waals surface area contributed by atoms with Crippen molar-refractivity contribution in [1.82, 2.24) is 10.2 Å². The molecule has 118 valence electrons. The summed E-state index contributed by atoms with van der Waals surface area (Å²) < 4.78 is 5.01. The first-order valence-electron chi connectivity index (χ1n) is 6.59. The van der Waals surface area contributed by atoms with Gasteiger partial charge in [0.2, 0.25) is 4.91 Å². The molecule has 9 nitrogen and oxygen atoms in total. The molecule has 1 aromatic rings. The number of alkyl carbamates (subject to hydrolysis) is 1. The van der Waals surface area contributed by atoms with Crippen molar-refractivity contribution in [3.8, 4) is 0 Å².